The van der Waals surface area contributed by atoms with Crippen molar-refractivity contribution in [3.05, 3.63) is 52.2 Å². The van der Waals surface area contributed by atoms with Gasteiger partial charge in [-0.25, -0.2) is 4.79 Å². The molecule has 24 heavy (non-hydrogen) atoms. The number of nitrogens with zero attached hydrogens (tertiary/aromatic N) is 1. The fourth-order valence-electron chi connectivity index (χ4n) is 2.26. The SMILES string of the molecule is Cc1cccc(N(CP(=O)(O)O)C(C(=O)O)C(=O)c2cccs2)c1. The average Bonchev–Trinajstić information content (AvgIpc) is 2.99. The zero-order valence-corrected chi connectivity index (χ0v) is 14.4. The number of carbonyl (C=O) groups is 2. The van der Waals surface area contributed by atoms with Crippen LogP contribution in [0.1, 0.15) is 15.2 Å². The summed E-state index contributed by atoms with van der Waals surface area (Å²) in [7, 11) is -4.60. The van der Waals surface area contributed by atoms with Crippen LogP contribution >= 0.6 is 18.9 Å². The average molecular weight is 369 g/mol. The number of benzene rings is 1. The highest BCUT2D eigenvalue weighted by atomic mass is 32.1. The molecule has 1 unspecified atom stereocenters. The van der Waals surface area contributed by atoms with Crippen LogP contribution in [0.4, 0.5) is 5.69 Å². The predicted molar refractivity (Wildman–Crippen MR) is 90.6 cm³/mol. The maximum absolute atomic E-state index is 12.6. The monoisotopic (exact) mass is 369 g/mol. The molecule has 7 nitrogen and oxygen atoms in total. The van der Waals surface area contributed by atoms with Crippen molar-refractivity contribution in [1.29, 1.82) is 0 Å². The van der Waals surface area contributed by atoms with E-state index in [0.29, 0.717) is 0 Å². The molecule has 0 radical (unpaired) electrons. The van der Waals surface area contributed by atoms with Gasteiger partial charge in [0.2, 0.25) is 5.78 Å². The predicted octanol–water partition coefficient (Wildman–Crippen LogP) is 2.33. The fraction of sp³-hybridized carbons (Fsp3) is 0.200. The van der Waals surface area contributed by atoms with E-state index in [9.17, 15) is 29.0 Å². The van der Waals surface area contributed by atoms with Gasteiger partial charge in [-0.05, 0) is 36.1 Å². The summed E-state index contributed by atoms with van der Waals surface area (Å²) < 4.78 is 11.5. The summed E-state index contributed by atoms with van der Waals surface area (Å²) in [6.45, 7) is 1.76. The summed E-state index contributed by atoms with van der Waals surface area (Å²) in [6, 6.07) is 7.85. The Morgan fingerprint density at radius 1 is 1.25 bits per heavy atom. The number of thiophene rings is 1. The number of carboxylic acid groups (broad SMARTS) is 1. The quantitative estimate of drug-likeness (QED) is 0.390. The van der Waals surface area contributed by atoms with Gasteiger partial charge in [0, 0.05) is 5.69 Å². The Hall–Kier alpha value is -1.99. The second kappa shape index (κ2) is 7.27. The highest BCUT2D eigenvalue weighted by Gasteiger charge is 2.37. The molecule has 0 fully saturated rings. The number of aliphatic carboxylic acids is 1. The van der Waals surface area contributed by atoms with E-state index in [-0.39, 0.29) is 10.6 Å². The lowest BCUT2D eigenvalue weighted by Gasteiger charge is -2.30. The molecule has 0 saturated heterocycles. The first-order chi connectivity index (χ1) is 11.2. The van der Waals surface area contributed by atoms with E-state index in [4.69, 9.17) is 0 Å². The largest absolute Gasteiger partial charge is 0.479 e. The van der Waals surface area contributed by atoms with Crippen LogP contribution in [0.15, 0.2) is 41.8 Å². The zero-order valence-electron chi connectivity index (χ0n) is 12.7. The summed E-state index contributed by atoms with van der Waals surface area (Å²) in [5.74, 6) is -2.18. The number of Topliss-reactive ketones (excluding diaryl/α,β-unsaturated/α-hetero) is 1. The summed E-state index contributed by atoms with van der Waals surface area (Å²) in [5, 5.41) is 11.2. The van der Waals surface area contributed by atoms with Gasteiger partial charge in [0.1, 0.15) is 6.29 Å². The van der Waals surface area contributed by atoms with Gasteiger partial charge >= 0.3 is 13.6 Å². The van der Waals surface area contributed by atoms with Crippen molar-refractivity contribution in [3.63, 3.8) is 0 Å². The maximum atomic E-state index is 12.6. The first-order valence-electron chi connectivity index (χ1n) is 6.87. The number of carbonyl (C=O) groups excluding carboxylic acids is 1. The fourth-order valence-corrected chi connectivity index (χ4v) is 3.67. The molecule has 1 aromatic heterocycles. The van der Waals surface area contributed by atoms with Gasteiger partial charge in [-0.15, -0.1) is 11.3 Å². The summed E-state index contributed by atoms with van der Waals surface area (Å²) in [5.41, 5.74) is 1.03. The van der Waals surface area contributed by atoms with Crippen molar-refractivity contribution in [2.45, 2.75) is 13.0 Å². The van der Waals surface area contributed by atoms with Gasteiger partial charge in [0.25, 0.3) is 0 Å². The van der Waals surface area contributed by atoms with Crippen molar-refractivity contribution in [2.24, 2.45) is 0 Å². The van der Waals surface area contributed by atoms with Crippen molar-refractivity contribution in [2.75, 3.05) is 11.2 Å². The highest BCUT2D eigenvalue weighted by Crippen LogP contribution is 2.38. The lowest BCUT2D eigenvalue weighted by atomic mass is 10.1. The van der Waals surface area contributed by atoms with E-state index in [1.54, 1.807) is 36.6 Å². The number of hydrogen-bond acceptors (Lipinski definition) is 5. The van der Waals surface area contributed by atoms with Crippen LogP contribution in [0.25, 0.3) is 0 Å². The van der Waals surface area contributed by atoms with E-state index < -0.39 is 31.7 Å². The van der Waals surface area contributed by atoms with Crippen LogP contribution in [0, 0.1) is 6.92 Å². The van der Waals surface area contributed by atoms with Gasteiger partial charge in [0.05, 0.1) is 4.88 Å². The zero-order chi connectivity index (χ0) is 17.9. The molecule has 1 aromatic carbocycles. The summed E-state index contributed by atoms with van der Waals surface area (Å²) in [4.78, 5) is 44.1. The molecule has 128 valence electrons. The maximum Gasteiger partial charge on any atom is 0.344 e. The van der Waals surface area contributed by atoms with E-state index >= 15 is 0 Å². The standard InChI is InChI=1S/C15H16NO6PS/c1-10-4-2-5-11(8-10)16(9-23(20,21)22)13(15(18)19)14(17)12-6-3-7-24-12/h2-8,13H,9H2,1H3,(H,18,19)(H2,20,21,22). The van der Waals surface area contributed by atoms with Crippen LogP contribution < -0.4 is 4.90 Å². The minimum absolute atomic E-state index is 0.214. The van der Waals surface area contributed by atoms with Crippen molar-refractivity contribution < 1.29 is 29.0 Å². The molecule has 0 aliphatic heterocycles. The van der Waals surface area contributed by atoms with Crippen LogP contribution in [0.3, 0.4) is 0 Å². The number of rotatable bonds is 7. The van der Waals surface area contributed by atoms with Crippen LogP contribution in [0.2, 0.25) is 0 Å². The number of anilines is 1. The normalized spacial score (nSPS) is 12.6. The number of aryl methyl sites for hydroxylation is 1. The molecule has 0 aliphatic carbocycles. The lowest BCUT2D eigenvalue weighted by Crippen LogP contribution is -2.47. The Morgan fingerprint density at radius 3 is 2.46 bits per heavy atom. The molecule has 9 heteroatoms. The Balaban J connectivity index is 2.51. The van der Waals surface area contributed by atoms with E-state index in [1.807, 2.05) is 0 Å². The van der Waals surface area contributed by atoms with Gasteiger partial charge in [-0.1, -0.05) is 18.2 Å². The molecular weight excluding hydrogens is 353 g/mol. The van der Waals surface area contributed by atoms with Gasteiger partial charge in [0.15, 0.2) is 6.04 Å². The Bertz CT molecular complexity index is 785. The first-order valence-corrected chi connectivity index (χ1v) is 9.55. The topological polar surface area (TPSA) is 115 Å². The summed E-state index contributed by atoms with van der Waals surface area (Å²) in [6.07, 6.45) is -0.871. The highest BCUT2D eigenvalue weighted by molar-refractivity contribution is 7.51. The molecule has 2 rings (SSSR count). The Labute approximate surface area is 142 Å². The van der Waals surface area contributed by atoms with Crippen LogP contribution in [-0.4, -0.2) is 39.0 Å². The second-order valence-electron chi connectivity index (χ2n) is 5.20. The van der Waals surface area contributed by atoms with E-state index in [0.717, 1.165) is 21.8 Å². The third kappa shape index (κ3) is 4.52. The Morgan fingerprint density at radius 2 is 1.96 bits per heavy atom. The third-order valence-electron chi connectivity index (χ3n) is 3.23. The minimum atomic E-state index is -4.60. The molecule has 0 saturated carbocycles. The molecule has 0 bridgehead atoms. The molecule has 0 amide bonds. The van der Waals surface area contributed by atoms with Gasteiger partial charge < -0.3 is 19.8 Å². The summed E-state index contributed by atoms with van der Waals surface area (Å²) >= 11 is 1.08. The smallest absolute Gasteiger partial charge is 0.344 e. The number of carboxylic acids is 1. The van der Waals surface area contributed by atoms with Gasteiger partial charge in [-0.2, -0.15) is 0 Å². The molecule has 1 heterocycles. The van der Waals surface area contributed by atoms with E-state index in [1.165, 1.54) is 12.1 Å². The molecule has 0 aliphatic rings. The molecule has 2 aromatic rings. The number of ketones is 1. The Kier molecular flexibility index (Phi) is 5.56. The molecule has 1 atom stereocenters. The van der Waals surface area contributed by atoms with Gasteiger partial charge in [-0.3, -0.25) is 9.36 Å². The molecule has 3 N–H and O–H groups in total. The van der Waals surface area contributed by atoms with E-state index in [2.05, 4.69) is 0 Å². The third-order valence-corrected chi connectivity index (χ3v) is 4.79. The van der Waals surface area contributed by atoms with Crippen molar-refractivity contribution in [3.8, 4) is 0 Å². The molecule has 0 spiro atoms. The van der Waals surface area contributed by atoms with Crippen molar-refractivity contribution >= 4 is 36.4 Å². The van der Waals surface area contributed by atoms with Crippen LogP contribution in [-0.2, 0) is 9.36 Å². The molecular formula is C15H16NO6PS. The first kappa shape index (κ1) is 18.4. The van der Waals surface area contributed by atoms with Crippen molar-refractivity contribution in [1.82, 2.24) is 0 Å². The lowest BCUT2D eigenvalue weighted by molar-refractivity contribution is -0.137. The minimum Gasteiger partial charge on any atom is -0.479 e. The second-order valence-corrected chi connectivity index (χ2v) is 7.76. The number of hydrogen-bond donors (Lipinski definition) is 3. The van der Waals surface area contributed by atoms with Crippen LogP contribution in [0.5, 0.6) is 0 Å².